The molecule has 17 heavy (non-hydrogen) atoms. The summed E-state index contributed by atoms with van der Waals surface area (Å²) in [7, 11) is 0. The van der Waals surface area contributed by atoms with Gasteiger partial charge < -0.3 is 0 Å². The molecule has 0 nitrogen and oxygen atoms in total. The first-order valence-electron chi connectivity index (χ1n) is 8.07. The molecule has 1 heteroatoms. The molecule has 2 radical (unpaired) electrons. The molecule has 1 fully saturated rings. The quantitative estimate of drug-likeness (QED) is 0.495. The van der Waals surface area contributed by atoms with E-state index < -0.39 is 0 Å². The Morgan fingerprint density at radius 2 is 0.647 bits per heavy atom. The Kier molecular flexibility index (Phi) is 10.7. The third-order valence-corrected chi connectivity index (χ3v) is 5.16. The van der Waals surface area contributed by atoms with Crippen molar-refractivity contribution in [1.29, 1.82) is 0 Å². The van der Waals surface area contributed by atoms with Crippen molar-refractivity contribution in [1.82, 2.24) is 0 Å². The Hall–Kier alpha value is 0.558. The van der Waals surface area contributed by atoms with Gasteiger partial charge in [0.1, 0.15) is 0 Å². The van der Waals surface area contributed by atoms with Crippen LogP contribution in [0.25, 0.3) is 0 Å². The van der Waals surface area contributed by atoms with Gasteiger partial charge in [-0.25, -0.2) is 0 Å². The average Bonchev–Trinajstić information content (AvgIpc) is 2.32. The van der Waals surface area contributed by atoms with E-state index in [9.17, 15) is 0 Å². The van der Waals surface area contributed by atoms with Crippen LogP contribution in [0, 0.1) is 0 Å². The van der Waals surface area contributed by atoms with E-state index in [1.54, 1.807) is 0 Å². The molecule has 0 heterocycles. The fourth-order valence-corrected chi connectivity index (χ4v) is 3.61. The predicted octanol–water partition coefficient (Wildman–Crippen LogP) is 5.81. The third kappa shape index (κ3) is 10.2. The second-order valence-corrected chi connectivity index (χ2v) is 7.36. The van der Waals surface area contributed by atoms with E-state index >= 15 is 0 Å². The van der Waals surface area contributed by atoms with E-state index in [1.165, 1.54) is 96.3 Å². The van der Waals surface area contributed by atoms with Crippen molar-refractivity contribution in [2.24, 2.45) is 0 Å². The molecule has 1 rings (SSSR count). The molecule has 0 saturated heterocycles. The fourth-order valence-electron chi connectivity index (χ4n) is 2.85. The van der Waals surface area contributed by atoms with Crippen molar-refractivity contribution in [3.05, 3.63) is 0 Å². The molecule has 100 valence electrons. The van der Waals surface area contributed by atoms with Gasteiger partial charge in [-0.2, -0.15) is 0 Å². The topological polar surface area (TPSA) is 0 Å². The molecule has 0 aromatic rings. The maximum absolute atomic E-state index is 2.92. The molecule has 1 saturated carbocycles. The van der Waals surface area contributed by atoms with E-state index in [0.717, 1.165) is 4.71 Å². The Bertz CT molecular complexity index is 140. The standard InChI is InChI=1S/C16H31As/c17-16-14-12-10-8-6-4-2-1-3-5-7-9-11-13-15-16/h16H,1-15H2. The monoisotopic (exact) mass is 298 g/mol. The van der Waals surface area contributed by atoms with Crippen molar-refractivity contribution in [3.8, 4) is 0 Å². The minimum absolute atomic E-state index is 0.926. The van der Waals surface area contributed by atoms with Crippen LogP contribution in [0.1, 0.15) is 96.3 Å². The second-order valence-electron chi connectivity index (χ2n) is 5.83. The first kappa shape index (κ1) is 15.6. The second kappa shape index (κ2) is 11.6. The van der Waals surface area contributed by atoms with Crippen LogP contribution in [0.15, 0.2) is 0 Å². The van der Waals surface area contributed by atoms with Gasteiger partial charge in [0.05, 0.1) is 0 Å². The molecule has 0 spiro atoms. The van der Waals surface area contributed by atoms with Crippen molar-refractivity contribution < 1.29 is 0 Å². The molecule has 1 aliphatic carbocycles. The summed E-state index contributed by atoms with van der Waals surface area (Å²) in [4.78, 5) is 0. The van der Waals surface area contributed by atoms with Crippen LogP contribution in [0.5, 0.6) is 0 Å². The van der Waals surface area contributed by atoms with Crippen molar-refractivity contribution >= 4 is 16.9 Å². The molecule has 0 aromatic carbocycles. The van der Waals surface area contributed by atoms with Crippen LogP contribution in [0.3, 0.4) is 0 Å². The van der Waals surface area contributed by atoms with Gasteiger partial charge in [0.15, 0.2) is 0 Å². The number of rotatable bonds is 0. The first-order chi connectivity index (χ1) is 8.39. The minimum atomic E-state index is 0.926. The number of hydrogen-bond donors (Lipinski definition) is 0. The van der Waals surface area contributed by atoms with E-state index in [0.29, 0.717) is 0 Å². The zero-order valence-corrected chi connectivity index (χ0v) is 13.5. The van der Waals surface area contributed by atoms with Gasteiger partial charge in [0.25, 0.3) is 0 Å². The fraction of sp³-hybridized carbons (Fsp3) is 1.00. The van der Waals surface area contributed by atoms with Gasteiger partial charge in [-0.05, 0) is 0 Å². The Morgan fingerprint density at radius 1 is 0.412 bits per heavy atom. The molecule has 0 aromatic heterocycles. The molecule has 0 unspecified atom stereocenters. The van der Waals surface area contributed by atoms with Crippen molar-refractivity contribution in [2.75, 3.05) is 0 Å². The zero-order chi connectivity index (χ0) is 12.2. The molecule has 1 aliphatic rings. The van der Waals surface area contributed by atoms with Crippen LogP contribution >= 0.6 is 0 Å². The molecule has 0 aliphatic heterocycles. The molecular weight excluding hydrogens is 267 g/mol. The Morgan fingerprint density at radius 3 is 0.941 bits per heavy atom. The molecule has 0 atom stereocenters. The van der Waals surface area contributed by atoms with Gasteiger partial charge in [-0.15, -0.1) is 0 Å². The summed E-state index contributed by atoms with van der Waals surface area (Å²) < 4.78 is 0.926. The van der Waals surface area contributed by atoms with E-state index in [4.69, 9.17) is 0 Å². The van der Waals surface area contributed by atoms with Crippen LogP contribution in [-0.4, -0.2) is 16.9 Å². The van der Waals surface area contributed by atoms with Gasteiger partial charge in [-0.1, -0.05) is 0 Å². The number of hydrogen-bond acceptors (Lipinski definition) is 0. The van der Waals surface area contributed by atoms with Crippen LogP contribution in [-0.2, 0) is 0 Å². The van der Waals surface area contributed by atoms with Gasteiger partial charge in [0.2, 0.25) is 0 Å². The summed E-state index contributed by atoms with van der Waals surface area (Å²) in [6.07, 6.45) is 22.2. The SMILES string of the molecule is [As]C1CCCCCCCCCCCCCCC1. The van der Waals surface area contributed by atoms with Crippen LogP contribution in [0.4, 0.5) is 0 Å². The van der Waals surface area contributed by atoms with Crippen LogP contribution in [0.2, 0.25) is 4.71 Å². The average molecular weight is 298 g/mol. The summed E-state index contributed by atoms with van der Waals surface area (Å²) in [6.45, 7) is 0. The zero-order valence-electron chi connectivity index (χ0n) is 11.6. The first-order valence-corrected chi connectivity index (χ1v) is 9.16. The van der Waals surface area contributed by atoms with E-state index in [2.05, 4.69) is 16.9 Å². The third-order valence-electron chi connectivity index (χ3n) is 4.07. The summed E-state index contributed by atoms with van der Waals surface area (Å²) >= 11 is 2.92. The van der Waals surface area contributed by atoms with E-state index in [-0.39, 0.29) is 0 Å². The summed E-state index contributed by atoms with van der Waals surface area (Å²) in [5, 5.41) is 0. The normalized spacial score (nSPS) is 24.5. The Balaban J connectivity index is 2.09. The molecule has 0 N–H and O–H groups in total. The van der Waals surface area contributed by atoms with Gasteiger partial charge in [-0.3, -0.25) is 0 Å². The van der Waals surface area contributed by atoms with Gasteiger partial charge >= 0.3 is 118 Å². The van der Waals surface area contributed by atoms with Crippen molar-refractivity contribution in [2.45, 2.75) is 101 Å². The Labute approximate surface area is 118 Å². The molecular formula is C16H31As. The van der Waals surface area contributed by atoms with Gasteiger partial charge in [0, 0.05) is 0 Å². The summed E-state index contributed by atoms with van der Waals surface area (Å²) in [5.74, 6) is 0. The van der Waals surface area contributed by atoms with E-state index in [1.807, 2.05) is 0 Å². The van der Waals surface area contributed by atoms with Crippen molar-refractivity contribution in [3.63, 3.8) is 0 Å². The summed E-state index contributed by atoms with van der Waals surface area (Å²) in [5.41, 5.74) is 0. The van der Waals surface area contributed by atoms with Crippen LogP contribution < -0.4 is 0 Å². The maximum atomic E-state index is 2.92. The molecule has 0 bridgehead atoms. The molecule has 0 amide bonds. The summed E-state index contributed by atoms with van der Waals surface area (Å²) in [6, 6.07) is 0. The predicted molar refractivity (Wildman–Crippen MR) is 78.8 cm³/mol.